The second-order valence-electron chi connectivity index (χ2n) is 3.80. The lowest BCUT2D eigenvalue weighted by atomic mass is 10.0. The molecule has 0 aliphatic heterocycles. The zero-order valence-corrected chi connectivity index (χ0v) is 10.0. The zero-order chi connectivity index (χ0) is 13.0. The Morgan fingerprint density at radius 3 is 3.00 bits per heavy atom. The molecule has 0 radical (unpaired) electrons. The van der Waals surface area contributed by atoms with Gasteiger partial charge in [0.1, 0.15) is 5.75 Å². The van der Waals surface area contributed by atoms with Gasteiger partial charge in [0.15, 0.2) is 0 Å². The van der Waals surface area contributed by atoms with Gasteiger partial charge in [-0.15, -0.1) is 0 Å². The summed E-state index contributed by atoms with van der Waals surface area (Å²) in [5.74, 6) is 0.752. The second-order valence-corrected chi connectivity index (χ2v) is 3.80. The number of hydrogen-bond donors (Lipinski definition) is 2. The molecular formula is C13H14N2O3. The van der Waals surface area contributed by atoms with Crippen molar-refractivity contribution in [2.45, 2.75) is 6.42 Å². The first-order chi connectivity index (χ1) is 8.72. The van der Waals surface area contributed by atoms with E-state index in [2.05, 4.69) is 10.3 Å². The predicted molar refractivity (Wildman–Crippen MR) is 68.0 cm³/mol. The fourth-order valence-electron chi connectivity index (χ4n) is 1.94. The molecule has 0 aliphatic carbocycles. The first kappa shape index (κ1) is 12.2. The average Bonchev–Trinajstić information content (AvgIpc) is 2.38. The van der Waals surface area contributed by atoms with Crippen LogP contribution in [0.4, 0.5) is 4.79 Å². The Kier molecular flexibility index (Phi) is 3.62. The third-order valence-corrected chi connectivity index (χ3v) is 2.72. The molecule has 94 valence electrons. The van der Waals surface area contributed by atoms with Crippen LogP contribution in [-0.4, -0.2) is 29.8 Å². The molecule has 5 nitrogen and oxygen atoms in total. The van der Waals surface area contributed by atoms with Gasteiger partial charge in [0.05, 0.1) is 12.6 Å². The van der Waals surface area contributed by atoms with E-state index >= 15 is 0 Å². The summed E-state index contributed by atoms with van der Waals surface area (Å²) in [4.78, 5) is 14.7. The molecule has 0 aliphatic rings. The van der Waals surface area contributed by atoms with Gasteiger partial charge in [-0.2, -0.15) is 0 Å². The number of carboxylic acid groups (broad SMARTS) is 1. The fourth-order valence-corrected chi connectivity index (χ4v) is 1.94. The van der Waals surface area contributed by atoms with Crippen molar-refractivity contribution in [1.82, 2.24) is 10.3 Å². The van der Waals surface area contributed by atoms with Gasteiger partial charge in [-0.05, 0) is 24.6 Å². The molecule has 0 saturated heterocycles. The molecule has 1 aromatic carbocycles. The summed E-state index contributed by atoms with van der Waals surface area (Å²) in [5.41, 5.74) is 1.85. The average molecular weight is 246 g/mol. The summed E-state index contributed by atoms with van der Waals surface area (Å²) in [6.07, 6.45) is 1.28. The van der Waals surface area contributed by atoms with E-state index in [-0.39, 0.29) is 0 Å². The van der Waals surface area contributed by atoms with E-state index in [1.807, 2.05) is 24.3 Å². The lowest BCUT2D eigenvalue weighted by Crippen LogP contribution is -2.23. The SMILES string of the molecule is COc1ccc2ncccc2c1CCNC(=O)O. The third-order valence-electron chi connectivity index (χ3n) is 2.72. The number of amides is 1. The van der Waals surface area contributed by atoms with Crippen LogP contribution in [-0.2, 0) is 6.42 Å². The molecule has 0 bridgehead atoms. The van der Waals surface area contributed by atoms with Crippen LogP contribution in [0.25, 0.3) is 10.9 Å². The number of methoxy groups -OCH3 is 1. The molecule has 1 amide bonds. The molecule has 2 rings (SSSR count). The van der Waals surface area contributed by atoms with Crippen molar-refractivity contribution in [3.8, 4) is 5.75 Å². The van der Waals surface area contributed by atoms with Gasteiger partial charge in [0.2, 0.25) is 0 Å². The second kappa shape index (κ2) is 5.35. The maximum atomic E-state index is 10.5. The van der Waals surface area contributed by atoms with Crippen molar-refractivity contribution in [1.29, 1.82) is 0 Å². The number of nitrogens with zero attached hydrogens (tertiary/aromatic N) is 1. The van der Waals surface area contributed by atoms with E-state index in [4.69, 9.17) is 9.84 Å². The van der Waals surface area contributed by atoms with Crippen LogP contribution in [0.1, 0.15) is 5.56 Å². The van der Waals surface area contributed by atoms with Crippen molar-refractivity contribution in [2.75, 3.05) is 13.7 Å². The molecule has 0 spiro atoms. The molecule has 18 heavy (non-hydrogen) atoms. The summed E-state index contributed by atoms with van der Waals surface area (Å²) in [5, 5.41) is 11.9. The number of benzene rings is 1. The molecule has 2 N–H and O–H groups in total. The van der Waals surface area contributed by atoms with Crippen molar-refractivity contribution >= 4 is 17.0 Å². The normalized spacial score (nSPS) is 10.3. The number of aromatic nitrogens is 1. The Balaban J connectivity index is 2.35. The number of nitrogens with one attached hydrogen (secondary N) is 1. The molecule has 0 saturated carbocycles. The number of pyridine rings is 1. The molecule has 0 atom stereocenters. The quantitative estimate of drug-likeness (QED) is 0.866. The van der Waals surface area contributed by atoms with E-state index in [1.165, 1.54) is 0 Å². The van der Waals surface area contributed by atoms with Crippen LogP contribution >= 0.6 is 0 Å². The van der Waals surface area contributed by atoms with Crippen molar-refractivity contribution < 1.29 is 14.6 Å². The first-order valence-corrected chi connectivity index (χ1v) is 5.60. The highest BCUT2D eigenvalue weighted by Crippen LogP contribution is 2.26. The molecule has 1 aromatic heterocycles. The van der Waals surface area contributed by atoms with Crippen molar-refractivity contribution in [2.24, 2.45) is 0 Å². The predicted octanol–water partition coefficient (Wildman–Crippen LogP) is 2.05. The lowest BCUT2D eigenvalue weighted by Gasteiger charge is -2.11. The Bertz CT molecular complexity index is 569. The van der Waals surface area contributed by atoms with E-state index in [1.54, 1.807) is 13.3 Å². The number of ether oxygens (including phenoxy) is 1. The third kappa shape index (κ3) is 2.51. The zero-order valence-electron chi connectivity index (χ0n) is 10.0. The molecule has 0 unspecified atom stereocenters. The van der Waals surface area contributed by atoms with Gasteiger partial charge in [0, 0.05) is 23.7 Å². The first-order valence-electron chi connectivity index (χ1n) is 5.60. The number of fused-ring (bicyclic) bond motifs is 1. The van der Waals surface area contributed by atoms with Gasteiger partial charge in [-0.1, -0.05) is 6.07 Å². The van der Waals surface area contributed by atoms with Crippen LogP contribution < -0.4 is 10.1 Å². The summed E-state index contributed by atoms with van der Waals surface area (Å²) in [7, 11) is 1.60. The largest absolute Gasteiger partial charge is 0.496 e. The Labute approximate surface area is 104 Å². The van der Waals surface area contributed by atoms with E-state index in [0.29, 0.717) is 13.0 Å². The highest BCUT2D eigenvalue weighted by atomic mass is 16.5. The number of hydrogen-bond acceptors (Lipinski definition) is 3. The monoisotopic (exact) mass is 246 g/mol. The van der Waals surface area contributed by atoms with Gasteiger partial charge in [0.25, 0.3) is 0 Å². The van der Waals surface area contributed by atoms with Gasteiger partial charge >= 0.3 is 6.09 Å². The van der Waals surface area contributed by atoms with E-state index in [0.717, 1.165) is 22.2 Å². The van der Waals surface area contributed by atoms with Gasteiger partial charge < -0.3 is 15.2 Å². The van der Waals surface area contributed by atoms with Crippen molar-refractivity contribution in [3.63, 3.8) is 0 Å². The Hall–Kier alpha value is -2.30. The van der Waals surface area contributed by atoms with Crippen LogP contribution in [0.15, 0.2) is 30.5 Å². The van der Waals surface area contributed by atoms with E-state index < -0.39 is 6.09 Å². The summed E-state index contributed by atoms with van der Waals surface area (Å²) < 4.78 is 5.31. The van der Waals surface area contributed by atoms with Crippen LogP contribution in [0.2, 0.25) is 0 Å². The van der Waals surface area contributed by atoms with Crippen LogP contribution in [0, 0.1) is 0 Å². The van der Waals surface area contributed by atoms with Crippen LogP contribution in [0.3, 0.4) is 0 Å². The summed E-state index contributed by atoms with van der Waals surface area (Å²) >= 11 is 0. The minimum Gasteiger partial charge on any atom is -0.496 e. The molecular weight excluding hydrogens is 232 g/mol. The standard InChI is InChI=1S/C13H14N2O3/c1-18-12-5-4-11-9(3-2-7-14-11)10(12)6-8-15-13(16)17/h2-5,7,15H,6,8H2,1H3,(H,16,17). The highest BCUT2D eigenvalue weighted by Gasteiger charge is 2.08. The summed E-state index contributed by atoms with van der Waals surface area (Å²) in [6, 6.07) is 7.56. The topological polar surface area (TPSA) is 71.5 Å². The maximum Gasteiger partial charge on any atom is 0.404 e. The minimum absolute atomic E-state index is 0.347. The van der Waals surface area contributed by atoms with E-state index in [9.17, 15) is 4.79 Å². The summed E-state index contributed by atoms with van der Waals surface area (Å²) in [6.45, 7) is 0.347. The molecule has 2 aromatic rings. The minimum atomic E-state index is -1.02. The maximum absolute atomic E-state index is 10.5. The number of rotatable bonds is 4. The van der Waals surface area contributed by atoms with Gasteiger partial charge in [-0.3, -0.25) is 4.98 Å². The van der Waals surface area contributed by atoms with Crippen LogP contribution in [0.5, 0.6) is 5.75 Å². The Morgan fingerprint density at radius 1 is 1.44 bits per heavy atom. The number of carbonyl (C=O) groups is 1. The Morgan fingerprint density at radius 2 is 2.28 bits per heavy atom. The fraction of sp³-hybridized carbons (Fsp3) is 0.231. The molecule has 1 heterocycles. The molecule has 0 fully saturated rings. The lowest BCUT2D eigenvalue weighted by molar-refractivity contribution is 0.194. The smallest absolute Gasteiger partial charge is 0.404 e. The van der Waals surface area contributed by atoms with Crippen molar-refractivity contribution in [3.05, 3.63) is 36.0 Å². The highest BCUT2D eigenvalue weighted by molar-refractivity contribution is 5.84. The molecule has 5 heteroatoms. The van der Waals surface area contributed by atoms with Gasteiger partial charge in [-0.25, -0.2) is 4.79 Å².